The first-order valence-electron chi connectivity index (χ1n) is 8.52. The predicted octanol–water partition coefficient (Wildman–Crippen LogP) is 0.534. The van der Waals surface area contributed by atoms with Crippen LogP contribution in [0.25, 0.3) is 0 Å². The van der Waals surface area contributed by atoms with E-state index in [-0.39, 0.29) is 11.8 Å². The Balaban J connectivity index is 1.90. The van der Waals surface area contributed by atoms with Crippen molar-refractivity contribution in [1.29, 1.82) is 0 Å². The minimum Gasteiger partial charge on any atom is -0.480 e. The van der Waals surface area contributed by atoms with Crippen molar-refractivity contribution in [1.82, 2.24) is 4.90 Å². The molecule has 126 valence electrons. The van der Waals surface area contributed by atoms with Gasteiger partial charge in [0.2, 0.25) is 0 Å². The summed E-state index contributed by atoms with van der Waals surface area (Å²) in [7, 11) is -1.31. The summed E-state index contributed by atoms with van der Waals surface area (Å²) in [6.45, 7) is 3.18. The van der Waals surface area contributed by atoms with Gasteiger partial charge in [-0.2, -0.15) is 0 Å². The number of likely N-dealkylation sites (tertiary alicyclic amines) is 1. The molecule has 3 atom stereocenters. The van der Waals surface area contributed by atoms with E-state index in [4.69, 9.17) is 15.8 Å². The Morgan fingerprint density at radius 2 is 1.91 bits per heavy atom. The van der Waals surface area contributed by atoms with Crippen molar-refractivity contribution in [3.63, 3.8) is 0 Å². The largest absolute Gasteiger partial charge is 0.480 e. The molecule has 0 radical (unpaired) electrons. The number of aliphatic carboxylic acids is 1. The van der Waals surface area contributed by atoms with Gasteiger partial charge in [0.1, 0.15) is 5.54 Å². The van der Waals surface area contributed by atoms with Crippen LogP contribution in [0, 0.1) is 11.8 Å². The number of carboxylic acids is 1. The average molecular weight is 312 g/mol. The number of carbonyl (C=O) groups is 1. The molecule has 7 heteroatoms. The third kappa shape index (κ3) is 4.44. The van der Waals surface area contributed by atoms with Gasteiger partial charge in [-0.3, -0.25) is 4.79 Å². The van der Waals surface area contributed by atoms with Crippen LogP contribution < -0.4 is 5.73 Å². The summed E-state index contributed by atoms with van der Waals surface area (Å²) in [5.41, 5.74) is 5.12. The monoisotopic (exact) mass is 312 g/mol. The summed E-state index contributed by atoms with van der Waals surface area (Å²) >= 11 is 0. The Labute approximate surface area is 132 Å². The van der Waals surface area contributed by atoms with Crippen molar-refractivity contribution in [2.45, 2.75) is 56.8 Å². The molecule has 22 heavy (non-hydrogen) atoms. The fraction of sp³-hybridized carbons (Fsp3) is 0.933. The third-order valence-electron chi connectivity index (χ3n) is 5.50. The lowest BCUT2D eigenvalue weighted by Gasteiger charge is -2.42. The average Bonchev–Trinajstić information content (AvgIpc) is 2.97. The van der Waals surface area contributed by atoms with E-state index in [9.17, 15) is 9.90 Å². The van der Waals surface area contributed by atoms with E-state index >= 15 is 0 Å². The van der Waals surface area contributed by atoms with Gasteiger partial charge in [-0.05, 0) is 69.9 Å². The number of nitrogens with two attached hydrogens (primary N) is 1. The van der Waals surface area contributed by atoms with Crippen LogP contribution in [0.1, 0.15) is 44.9 Å². The SMILES string of the molecule is NC1(C(=O)O)C[C@H](CCB(O)O)CC[C@H]1CCN1CCCC1. The Hall–Kier alpha value is -0.625. The summed E-state index contributed by atoms with van der Waals surface area (Å²) in [6.07, 6.45) is 6.44. The summed E-state index contributed by atoms with van der Waals surface area (Å²) < 4.78 is 0. The molecule has 5 N–H and O–H groups in total. The van der Waals surface area contributed by atoms with Crippen molar-refractivity contribution in [3.05, 3.63) is 0 Å². The number of carboxylic acid groups (broad SMARTS) is 1. The van der Waals surface area contributed by atoms with Gasteiger partial charge in [0, 0.05) is 0 Å². The molecule has 0 bridgehead atoms. The molecule has 2 aliphatic rings. The first-order chi connectivity index (χ1) is 10.4. The maximum atomic E-state index is 11.7. The quantitative estimate of drug-likeness (QED) is 0.511. The second-order valence-electron chi connectivity index (χ2n) is 7.09. The number of hydrogen-bond acceptors (Lipinski definition) is 5. The van der Waals surface area contributed by atoms with Crippen LogP contribution in [-0.2, 0) is 4.79 Å². The first-order valence-corrected chi connectivity index (χ1v) is 8.52. The highest BCUT2D eigenvalue weighted by molar-refractivity contribution is 6.40. The van der Waals surface area contributed by atoms with Gasteiger partial charge in [-0.25, -0.2) is 0 Å². The zero-order chi connectivity index (χ0) is 16.2. The van der Waals surface area contributed by atoms with Crippen LogP contribution in [-0.4, -0.2) is 58.3 Å². The Morgan fingerprint density at radius 3 is 2.50 bits per heavy atom. The topological polar surface area (TPSA) is 107 Å². The summed E-state index contributed by atoms with van der Waals surface area (Å²) in [5, 5.41) is 27.6. The van der Waals surface area contributed by atoms with E-state index in [0.29, 0.717) is 19.2 Å². The van der Waals surface area contributed by atoms with Crippen LogP contribution in [0.5, 0.6) is 0 Å². The highest BCUT2D eigenvalue weighted by atomic mass is 16.4. The van der Waals surface area contributed by atoms with Crippen molar-refractivity contribution >= 4 is 13.1 Å². The molecule has 1 aliphatic carbocycles. The molecule has 0 aromatic heterocycles. The predicted molar refractivity (Wildman–Crippen MR) is 85.3 cm³/mol. The molecular weight excluding hydrogens is 283 g/mol. The first kappa shape index (κ1) is 17.7. The summed E-state index contributed by atoms with van der Waals surface area (Å²) in [5.74, 6) is -0.722. The maximum Gasteiger partial charge on any atom is 0.451 e. The summed E-state index contributed by atoms with van der Waals surface area (Å²) in [4.78, 5) is 14.1. The Morgan fingerprint density at radius 1 is 1.23 bits per heavy atom. The van der Waals surface area contributed by atoms with Crippen molar-refractivity contribution in [2.75, 3.05) is 19.6 Å². The lowest BCUT2D eigenvalue weighted by atomic mass is 9.65. The second-order valence-corrected chi connectivity index (χ2v) is 7.09. The molecule has 1 unspecified atom stereocenters. The molecule has 0 aromatic rings. The molecular formula is C15H29BN2O4. The molecule has 1 saturated heterocycles. The van der Waals surface area contributed by atoms with Crippen LogP contribution in [0.3, 0.4) is 0 Å². The zero-order valence-electron chi connectivity index (χ0n) is 13.3. The number of rotatable bonds is 7. The molecule has 2 rings (SSSR count). The van der Waals surface area contributed by atoms with E-state index < -0.39 is 18.6 Å². The molecule has 6 nitrogen and oxygen atoms in total. The van der Waals surface area contributed by atoms with Gasteiger partial charge >= 0.3 is 13.1 Å². The second kappa shape index (κ2) is 7.77. The van der Waals surface area contributed by atoms with E-state index in [1.165, 1.54) is 12.8 Å². The number of hydrogen-bond donors (Lipinski definition) is 4. The summed E-state index contributed by atoms with van der Waals surface area (Å²) in [6, 6.07) is 0. The smallest absolute Gasteiger partial charge is 0.451 e. The van der Waals surface area contributed by atoms with Gasteiger partial charge in [0.15, 0.2) is 0 Å². The minimum atomic E-state index is -1.31. The van der Waals surface area contributed by atoms with Crippen LogP contribution in [0.2, 0.25) is 6.32 Å². The molecule has 0 amide bonds. The standard InChI is InChI=1S/C15H29BN2O4/c17-15(14(19)20)11-12(5-7-16(21)22)3-4-13(15)6-10-18-8-1-2-9-18/h12-13,21-22H,1-11,17H2,(H,19,20)/t12-,13-,15?/m0/s1. The lowest BCUT2D eigenvalue weighted by Crippen LogP contribution is -2.58. The van der Waals surface area contributed by atoms with Gasteiger partial charge in [0.25, 0.3) is 0 Å². The Bertz CT molecular complexity index is 377. The third-order valence-corrected chi connectivity index (χ3v) is 5.50. The highest BCUT2D eigenvalue weighted by Gasteiger charge is 2.46. The van der Waals surface area contributed by atoms with Crippen molar-refractivity contribution in [2.24, 2.45) is 17.6 Å². The maximum absolute atomic E-state index is 11.7. The van der Waals surface area contributed by atoms with Gasteiger partial charge < -0.3 is 25.8 Å². The zero-order valence-corrected chi connectivity index (χ0v) is 13.3. The lowest BCUT2D eigenvalue weighted by molar-refractivity contribution is -0.148. The fourth-order valence-electron chi connectivity index (χ4n) is 4.08. The van der Waals surface area contributed by atoms with E-state index in [1.54, 1.807) is 0 Å². The van der Waals surface area contributed by atoms with Gasteiger partial charge in [-0.1, -0.05) is 12.8 Å². The molecule has 1 heterocycles. The van der Waals surface area contributed by atoms with E-state index in [1.807, 2.05) is 0 Å². The van der Waals surface area contributed by atoms with Gasteiger partial charge in [0.05, 0.1) is 0 Å². The normalized spacial score (nSPS) is 33.0. The number of nitrogens with zero attached hydrogens (tertiary/aromatic N) is 1. The Kier molecular flexibility index (Phi) is 6.26. The molecule has 0 spiro atoms. The minimum absolute atomic E-state index is 0.0147. The van der Waals surface area contributed by atoms with E-state index in [0.717, 1.165) is 38.9 Å². The fourth-order valence-corrected chi connectivity index (χ4v) is 4.08. The van der Waals surface area contributed by atoms with Crippen molar-refractivity contribution < 1.29 is 19.9 Å². The highest BCUT2D eigenvalue weighted by Crippen LogP contribution is 2.40. The molecule has 1 saturated carbocycles. The van der Waals surface area contributed by atoms with Crippen LogP contribution in [0.15, 0.2) is 0 Å². The molecule has 0 aromatic carbocycles. The van der Waals surface area contributed by atoms with Gasteiger partial charge in [-0.15, -0.1) is 0 Å². The van der Waals surface area contributed by atoms with Crippen LogP contribution in [0.4, 0.5) is 0 Å². The van der Waals surface area contributed by atoms with Crippen LogP contribution >= 0.6 is 0 Å². The van der Waals surface area contributed by atoms with Crippen molar-refractivity contribution in [3.8, 4) is 0 Å². The molecule has 2 fully saturated rings. The van der Waals surface area contributed by atoms with E-state index in [2.05, 4.69) is 4.90 Å². The molecule has 1 aliphatic heterocycles.